The van der Waals surface area contributed by atoms with Gasteiger partial charge in [0.2, 0.25) is 5.91 Å². The number of hydrogen-bond acceptors (Lipinski definition) is 2. The number of alkyl halides is 1. The van der Waals surface area contributed by atoms with Crippen molar-refractivity contribution in [3.8, 4) is 0 Å². The lowest BCUT2D eigenvalue weighted by Gasteiger charge is -2.29. The zero-order chi connectivity index (χ0) is 13.1. The molecule has 0 spiro atoms. The Morgan fingerprint density at radius 2 is 2.17 bits per heavy atom. The number of rotatable bonds is 2. The summed E-state index contributed by atoms with van der Waals surface area (Å²) >= 11 is 6.10. The molecule has 1 aliphatic heterocycles. The van der Waals surface area contributed by atoms with Crippen molar-refractivity contribution >= 4 is 23.7 Å². The summed E-state index contributed by atoms with van der Waals surface area (Å²) in [6.45, 7) is 2.06. The van der Waals surface area contributed by atoms with E-state index in [0.29, 0.717) is 6.42 Å². The number of amides is 1. The van der Waals surface area contributed by atoms with Gasteiger partial charge < -0.3 is 5.32 Å². The number of benzene rings is 1. The highest BCUT2D eigenvalue weighted by Gasteiger charge is 2.33. The third-order valence-corrected chi connectivity index (χ3v) is 3.72. The molecule has 1 N–H and O–H groups in total. The predicted molar refractivity (Wildman–Crippen MR) is 74.2 cm³/mol. The molecular weight excluding hydrogens is 248 g/mol. The second kappa shape index (κ2) is 5.53. The third-order valence-electron chi connectivity index (χ3n) is 3.43. The summed E-state index contributed by atoms with van der Waals surface area (Å²) in [7, 11) is 1.65. The fourth-order valence-electron chi connectivity index (χ4n) is 2.45. The first-order valence-corrected chi connectivity index (χ1v) is 6.51. The maximum absolute atomic E-state index is 11.9. The molecule has 18 heavy (non-hydrogen) atoms. The van der Waals surface area contributed by atoms with Crippen LogP contribution in [-0.4, -0.2) is 24.7 Å². The highest BCUT2D eigenvalue weighted by Crippen LogP contribution is 2.35. The second-order valence-electron chi connectivity index (χ2n) is 4.57. The van der Waals surface area contributed by atoms with Gasteiger partial charge in [-0.25, -0.2) is 0 Å². The fraction of sp³-hybridized carbons (Fsp3) is 0.429. The minimum absolute atomic E-state index is 0.00410. The van der Waals surface area contributed by atoms with E-state index in [0.717, 1.165) is 0 Å². The number of carbonyl (C=O) groups excluding carboxylic acids is 1. The Bertz CT molecular complexity index is 473. The molecule has 0 saturated heterocycles. The van der Waals surface area contributed by atoms with Crippen LogP contribution in [0.3, 0.4) is 0 Å². The lowest BCUT2D eigenvalue weighted by Crippen LogP contribution is -2.36. The largest absolute Gasteiger partial charge is 0.359 e. The standard InChI is InChI=1S/C14H17ClN2O/c1-9-5-3-4-6-10(9)11-7-13(15)17-8-12(11)14(18)16-2/h3-6,8,11-13H,7H2,1-2H3,(H,16,18). The second-order valence-corrected chi connectivity index (χ2v) is 5.08. The van der Waals surface area contributed by atoms with E-state index in [2.05, 4.69) is 29.4 Å². The van der Waals surface area contributed by atoms with Crippen LogP contribution in [0.15, 0.2) is 29.3 Å². The van der Waals surface area contributed by atoms with Gasteiger partial charge in [0.05, 0.1) is 5.92 Å². The molecule has 0 radical (unpaired) electrons. The Morgan fingerprint density at radius 3 is 2.83 bits per heavy atom. The SMILES string of the molecule is CNC(=O)C1C=NC(Cl)CC1c1ccccc1C. The highest BCUT2D eigenvalue weighted by atomic mass is 35.5. The number of aryl methyl sites for hydroxylation is 1. The van der Waals surface area contributed by atoms with Crippen molar-refractivity contribution < 1.29 is 4.79 Å². The summed E-state index contributed by atoms with van der Waals surface area (Å²) in [5, 5.41) is 2.70. The van der Waals surface area contributed by atoms with Gasteiger partial charge in [0.1, 0.15) is 5.50 Å². The number of halogens is 1. The van der Waals surface area contributed by atoms with Crippen LogP contribution in [0, 0.1) is 12.8 Å². The van der Waals surface area contributed by atoms with E-state index in [9.17, 15) is 4.79 Å². The topological polar surface area (TPSA) is 41.5 Å². The number of nitrogens with zero attached hydrogens (tertiary/aromatic N) is 1. The summed E-state index contributed by atoms with van der Waals surface area (Å²) in [4.78, 5) is 16.1. The molecular formula is C14H17ClN2O. The third kappa shape index (κ3) is 2.56. The normalized spacial score (nSPS) is 26.9. The zero-order valence-electron chi connectivity index (χ0n) is 10.6. The van der Waals surface area contributed by atoms with Crippen LogP contribution >= 0.6 is 11.6 Å². The Kier molecular flexibility index (Phi) is 4.02. The van der Waals surface area contributed by atoms with Gasteiger partial charge in [-0.1, -0.05) is 35.9 Å². The van der Waals surface area contributed by atoms with Gasteiger partial charge in [0.25, 0.3) is 0 Å². The van der Waals surface area contributed by atoms with E-state index in [1.54, 1.807) is 13.3 Å². The van der Waals surface area contributed by atoms with E-state index in [4.69, 9.17) is 11.6 Å². The van der Waals surface area contributed by atoms with Crippen LogP contribution in [0.2, 0.25) is 0 Å². The number of nitrogens with one attached hydrogen (secondary N) is 1. The lowest BCUT2D eigenvalue weighted by atomic mass is 9.80. The van der Waals surface area contributed by atoms with Crippen molar-refractivity contribution in [2.24, 2.45) is 10.9 Å². The Labute approximate surface area is 112 Å². The monoisotopic (exact) mass is 264 g/mol. The van der Waals surface area contributed by atoms with Gasteiger partial charge in [0, 0.05) is 19.2 Å². The number of hydrogen-bond donors (Lipinski definition) is 1. The van der Waals surface area contributed by atoms with Crippen molar-refractivity contribution in [1.29, 1.82) is 0 Å². The van der Waals surface area contributed by atoms with Gasteiger partial charge in [-0.2, -0.15) is 0 Å². The maximum Gasteiger partial charge on any atom is 0.228 e. The van der Waals surface area contributed by atoms with Crippen molar-refractivity contribution in [2.75, 3.05) is 7.05 Å². The molecule has 0 bridgehead atoms. The minimum atomic E-state index is -0.240. The van der Waals surface area contributed by atoms with E-state index >= 15 is 0 Å². The average Bonchev–Trinajstić information content (AvgIpc) is 2.38. The molecule has 3 unspecified atom stereocenters. The van der Waals surface area contributed by atoms with Crippen molar-refractivity contribution in [1.82, 2.24) is 5.32 Å². The maximum atomic E-state index is 11.9. The van der Waals surface area contributed by atoms with Crippen LogP contribution in [-0.2, 0) is 4.79 Å². The smallest absolute Gasteiger partial charge is 0.228 e. The zero-order valence-corrected chi connectivity index (χ0v) is 11.3. The van der Waals surface area contributed by atoms with Crippen LogP contribution in [0.4, 0.5) is 0 Å². The summed E-state index contributed by atoms with van der Waals surface area (Å²) in [6.07, 6.45) is 2.39. The van der Waals surface area contributed by atoms with Crippen LogP contribution < -0.4 is 5.32 Å². The van der Waals surface area contributed by atoms with E-state index in [1.165, 1.54) is 11.1 Å². The van der Waals surface area contributed by atoms with Gasteiger partial charge in [-0.05, 0) is 24.5 Å². The Morgan fingerprint density at radius 1 is 1.44 bits per heavy atom. The molecule has 2 rings (SSSR count). The Balaban J connectivity index is 2.37. The first-order chi connectivity index (χ1) is 8.63. The van der Waals surface area contributed by atoms with Gasteiger partial charge in [-0.3, -0.25) is 9.79 Å². The molecule has 1 amide bonds. The van der Waals surface area contributed by atoms with E-state index < -0.39 is 0 Å². The summed E-state index contributed by atoms with van der Waals surface area (Å²) < 4.78 is 0. The number of carbonyl (C=O) groups is 1. The fourth-order valence-corrected chi connectivity index (χ4v) is 2.70. The summed E-state index contributed by atoms with van der Waals surface area (Å²) in [5.74, 6) is -0.132. The van der Waals surface area contributed by atoms with E-state index in [1.807, 2.05) is 12.1 Å². The van der Waals surface area contributed by atoms with Gasteiger partial charge in [-0.15, -0.1) is 0 Å². The molecule has 0 aromatic heterocycles. The van der Waals surface area contributed by atoms with Crippen LogP contribution in [0.5, 0.6) is 0 Å². The molecule has 4 heteroatoms. The predicted octanol–water partition coefficient (Wildman–Crippen LogP) is 2.48. The molecule has 0 fully saturated rings. The first-order valence-electron chi connectivity index (χ1n) is 6.08. The molecule has 1 heterocycles. The van der Waals surface area contributed by atoms with Crippen molar-refractivity contribution in [3.05, 3.63) is 35.4 Å². The van der Waals surface area contributed by atoms with Gasteiger partial charge in [0.15, 0.2) is 0 Å². The summed E-state index contributed by atoms with van der Waals surface area (Å²) in [5.41, 5.74) is 2.13. The summed E-state index contributed by atoms with van der Waals surface area (Å²) in [6, 6.07) is 8.13. The lowest BCUT2D eigenvalue weighted by molar-refractivity contribution is -0.123. The van der Waals surface area contributed by atoms with Crippen LogP contribution in [0.25, 0.3) is 0 Å². The number of aliphatic imine (C=N–C) groups is 1. The Hall–Kier alpha value is -1.35. The minimum Gasteiger partial charge on any atom is -0.359 e. The molecule has 0 aliphatic carbocycles. The van der Waals surface area contributed by atoms with Gasteiger partial charge >= 0.3 is 0 Å². The molecule has 1 aromatic carbocycles. The molecule has 1 aliphatic rings. The molecule has 0 saturated carbocycles. The quantitative estimate of drug-likeness (QED) is 0.647. The van der Waals surface area contributed by atoms with Crippen molar-refractivity contribution in [3.63, 3.8) is 0 Å². The first kappa shape index (κ1) is 13.1. The molecule has 3 nitrogen and oxygen atoms in total. The highest BCUT2D eigenvalue weighted by molar-refractivity contribution is 6.21. The average molecular weight is 265 g/mol. The van der Waals surface area contributed by atoms with Crippen molar-refractivity contribution in [2.45, 2.75) is 24.8 Å². The van der Waals surface area contributed by atoms with Crippen LogP contribution in [0.1, 0.15) is 23.5 Å². The molecule has 96 valence electrons. The molecule has 1 aromatic rings. The van der Waals surface area contributed by atoms with E-state index in [-0.39, 0.29) is 23.2 Å². The molecule has 3 atom stereocenters.